The van der Waals surface area contributed by atoms with Gasteiger partial charge in [0.25, 0.3) is 15.9 Å². The Labute approximate surface area is 91.7 Å². The Morgan fingerprint density at radius 2 is 1.86 bits per heavy atom. The summed E-state index contributed by atoms with van der Waals surface area (Å²) in [4.78, 5) is 0. The first-order valence-electron chi connectivity index (χ1n) is 3.45. The van der Waals surface area contributed by atoms with Crippen LogP contribution in [0, 0.1) is 0 Å². The predicted molar refractivity (Wildman–Crippen MR) is 61.5 cm³/mol. The van der Waals surface area contributed by atoms with Gasteiger partial charge in [-0.3, -0.25) is 14.8 Å². The van der Waals surface area contributed by atoms with Crippen LogP contribution in [-0.4, -0.2) is 26.1 Å². The van der Waals surface area contributed by atoms with Crippen molar-refractivity contribution in [3.8, 4) is 0 Å². The Kier molecular flexibility index (Phi) is 6.00. The molecule has 0 amide bonds. The van der Waals surface area contributed by atoms with Crippen LogP contribution in [0.4, 0.5) is 0 Å². The van der Waals surface area contributed by atoms with Gasteiger partial charge in [-0.1, -0.05) is 6.92 Å². The van der Waals surface area contributed by atoms with Crippen LogP contribution in [0.5, 0.6) is 0 Å². The van der Waals surface area contributed by atoms with E-state index in [0.29, 0.717) is 27.2 Å². The molecule has 0 aromatic rings. The van der Waals surface area contributed by atoms with Gasteiger partial charge in [-0.2, -0.15) is 8.42 Å². The number of hydrogen-bond acceptors (Lipinski definition) is 7. The minimum absolute atomic E-state index is 0.206. The molecule has 0 bridgehead atoms. The summed E-state index contributed by atoms with van der Waals surface area (Å²) in [6.07, 6.45) is 0. The van der Waals surface area contributed by atoms with E-state index >= 15 is 0 Å². The summed E-state index contributed by atoms with van der Waals surface area (Å²) < 4.78 is 37.4. The topological polar surface area (TPSA) is 119 Å². The number of hydrogen-bond donors (Lipinski definition) is 3. The van der Waals surface area contributed by atoms with Gasteiger partial charge in [0.1, 0.15) is 0 Å². The van der Waals surface area contributed by atoms with E-state index in [4.69, 9.17) is 10.3 Å². The molecule has 0 rings (SSSR count). The molecule has 0 atom stereocenters. The summed E-state index contributed by atoms with van der Waals surface area (Å²) in [6.45, 7) is 1.82. The van der Waals surface area contributed by atoms with E-state index in [0.717, 1.165) is 0 Å². The third-order valence-corrected chi connectivity index (χ3v) is 10.4. The highest BCUT2D eigenvalue weighted by Crippen LogP contribution is 2.66. The summed E-state index contributed by atoms with van der Waals surface area (Å²) in [5.74, 6) is 0. The van der Waals surface area contributed by atoms with Crippen LogP contribution in [-0.2, 0) is 14.8 Å². The van der Waals surface area contributed by atoms with E-state index in [2.05, 4.69) is 4.72 Å². The molecule has 0 heterocycles. The minimum Gasteiger partial charge on any atom is -0.279 e. The molecule has 0 spiro atoms. The van der Waals surface area contributed by atoms with Gasteiger partial charge in [0.2, 0.25) is 0 Å². The Morgan fingerprint density at radius 1 is 1.43 bits per heavy atom. The second kappa shape index (κ2) is 5.71. The van der Waals surface area contributed by atoms with Gasteiger partial charge in [0.05, 0.1) is 0 Å². The first kappa shape index (κ1) is 14.7. The molecule has 0 aromatic carbocycles. The maximum Gasteiger partial charge on any atom is 0.299 e. The van der Waals surface area contributed by atoms with Crippen LogP contribution in [0.25, 0.3) is 0 Å². The largest absolute Gasteiger partial charge is 0.299 e. The van der Waals surface area contributed by atoms with E-state index in [1.165, 1.54) is 7.05 Å². The van der Waals surface area contributed by atoms with Gasteiger partial charge in [-0.25, -0.2) is 4.72 Å². The molecule has 0 fully saturated rings. The Balaban J connectivity index is 4.94. The van der Waals surface area contributed by atoms with Crippen molar-refractivity contribution in [1.82, 2.24) is 8.80 Å². The molecule has 0 radical (unpaired) electrons. The third kappa shape index (κ3) is 3.38. The zero-order valence-electron chi connectivity index (χ0n) is 7.71. The van der Waals surface area contributed by atoms with Crippen molar-refractivity contribution in [2.24, 2.45) is 10.3 Å². The SMILES string of the molecule is CCNS(=O)(=O)N(C)P(=O)(SN)SN. The van der Waals surface area contributed by atoms with E-state index < -0.39 is 15.9 Å². The highest BCUT2D eigenvalue weighted by Gasteiger charge is 2.36. The van der Waals surface area contributed by atoms with Crippen molar-refractivity contribution in [3.05, 3.63) is 0 Å². The van der Waals surface area contributed by atoms with Crippen molar-refractivity contribution in [2.75, 3.05) is 13.6 Å². The van der Waals surface area contributed by atoms with Gasteiger partial charge in [-0.05, 0) is 0 Å². The van der Waals surface area contributed by atoms with Gasteiger partial charge in [0.15, 0.2) is 0 Å². The second-order valence-electron chi connectivity index (χ2n) is 2.12. The van der Waals surface area contributed by atoms with E-state index in [1.54, 1.807) is 6.92 Å². The summed E-state index contributed by atoms with van der Waals surface area (Å²) in [5, 5.41) is 10.3. The normalized spacial score (nSPS) is 13.5. The Morgan fingerprint density at radius 3 is 2.14 bits per heavy atom. The second-order valence-corrected chi connectivity index (χ2v) is 11.1. The maximum absolute atomic E-state index is 11.8. The summed E-state index contributed by atoms with van der Waals surface area (Å²) in [6, 6.07) is 0. The first-order valence-corrected chi connectivity index (χ1v) is 9.52. The fraction of sp³-hybridized carbons (Fsp3) is 1.00. The maximum atomic E-state index is 11.8. The average Bonchev–Trinajstić information content (AvgIpc) is 2.15. The van der Waals surface area contributed by atoms with Crippen molar-refractivity contribution < 1.29 is 13.0 Å². The zero-order chi connectivity index (χ0) is 11.4. The zero-order valence-corrected chi connectivity index (χ0v) is 11.0. The molecule has 0 saturated heterocycles. The van der Waals surface area contributed by atoms with Crippen molar-refractivity contribution in [3.63, 3.8) is 0 Å². The number of rotatable bonds is 6. The summed E-state index contributed by atoms with van der Waals surface area (Å²) in [7, 11) is -2.61. The van der Waals surface area contributed by atoms with Crippen molar-refractivity contribution >= 4 is 39.0 Å². The highest BCUT2D eigenvalue weighted by molar-refractivity contribution is 8.89. The Hall–Kier alpha value is 0.720. The highest BCUT2D eigenvalue weighted by atomic mass is 33.1. The van der Waals surface area contributed by atoms with Gasteiger partial charge >= 0.3 is 0 Å². The standard InChI is InChI=1S/C3H13N4O3PS3/c1-3-6-14(9,10)7(2)11(8,12-4)13-5/h6H,3-5H2,1-2H3. The first-order chi connectivity index (χ1) is 6.34. The van der Waals surface area contributed by atoms with E-state index in [1.807, 2.05) is 0 Å². The number of nitrogens with zero attached hydrogens (tertiary/aromatic N) is 1. The van der Waals surface area contributed by atoms with Gasteiger partial charge < -0.3 is 0 Å². The monoisotopic (exact) mass is 280 g/mol. The van der Waals surface area contributed by atoms with Crippen LogP contribution in [0.1, 0.15) is 6.92 Å². The summed E-state index contributed by atoms with van der Waals surface area (Å²) in [5.41, 5.74) is -3.35. The number of nitrogens with one attached hydrogen (secondary N) is 1. The molecular formula is C3H13N4O3PS3. The Bertz CT molecular complexity index is 311. The molecule has 0 aliphatic rings. The van der Waals surface area contributed by atoms with Crippen molar-refractivity contribution in [2.45, 2.75) is 6.92 Å². The van der Waals surface area contributed by atoms with Crippen LogP contribution in [0.2, 0.25) is 0 Å². The minimum atomic E-state index is -3.77. The summed E-state index contributed by atoms with van der Waals surface area (Å²) >= 11 is 0.867. The van der Waals surface area contributed by atoms with Crippen molar-refractivity contribution in [1.29, 1.82) is 0 Å². The van der Waals surface area contributed by atoms with Gasteiger partial charge in [0, 0.05) is 36.7 Å². The lowest BCUT2D eigenvalue weighted by atomic mass is 10.8. The molecule has 0 aromatic heterocycles. The fourth-order valence-corrected chi connectivity index (χ4v) is 6.32. The molecular weight excluding hydrogens is 267 g/mol. The van der Waals surface area contributed by atoms with E-state index in [9.17, 15) is 13.0 Å². The lowest BCUT2D eigenvalue weighted by Gasteiger charge is -2.22. The quantitative estimate of drug-likeness (QED) is 0.466. The number of nitrogens with two attached hydrogens (primary N) is 2. The lowest BCUT2D eigenvalue weighted by Crippen LogP contribution is -2.35. The smallest absolute Gasteiger partial charge is 0.279 e. The molecule has 7 nitrogen and oxygen atoms in total. The molecule has 14 heavy (non-hydrogen) atoms. The molecule has 11 heteroatoms. The lowest BCUT2D eigenvalue weighted by molar-refractivity contribution is 0.529. The predicted octanol–water partition coefficient (Wildman–Crippen LogP) is 0.0944. The molecule has 5 N–H and O–H groups in total. The molecule has 0 unspecified atom stereocenters. The third-order valence-electron chi connectivity index (χ3n) is 1.29. The van der Waals surface area contributed by atoms with E-state index in [-0.39, 0.29) is 6.54 Å². The van der Waals surface area contributed by atoms with Gasteiger partial charge in [-0.15, -0.1) is 4.08 Å². The van der Waals surface area contributed by atoms with Crippen LogP contribution in [0.15, 0.2) is 0 Å². The molecule has 0 saturated carbocycles. The van der Waals surface area contributed by atoms with Crippen LogP contribution < -0.4 is 15.0 Å². The van der Waals surface area contributed by atoms with Crippen LogP contribution >= 0.6 is 28.8 Å². The van der Waals surface area contributed by atoms with Crippen LogP contribution in [0.3, 0.4) is 0 Å². The molecule has 0 aliphatic carbocycles. The molecule has 86 valence electrons. The molecule has 0 aliphatic heterocycles. The average molecular weight is 280 g/mol. The fourth-order valence-electron chi connectivity index (χ4n) is 0.565.